The fourth-order valence-corrected chi connectivity index (χ4v) is 1.49. The molecular weight excluding hydrogens is 176 g/mol. The minimum atomic E-state index is -0.947. The molecule has 0 radical (unpaired) electrons. The van der Waals surface area contributed by atoms with Crippen molar-refractivity contribution in [1.82, 2.24) is 0 Å². The second kappa shape index (κ2) is 4.94. The van der Waals surface area contributed by atoms with Crippen LogP contribution in [-0.4, -0.2) is 18.8 Å². The zero-order valence-corrected chi connectivity index (χ0v) is 8.44. The number of hydrogen-bond donors (Lipinski definition) is 1. The van der Waals surface area contributed by atoms with Crippen LogP contribution >= 0.6 is 0 Å². The molecule has 0 saturated carbocycles. The van der Waals surface area contributed by atoms with Crippen LogP contribution in [0.2, 0.25) is 0 Å². The van der Waals surface area contributed by atoms with Crippen LogP contribution in [0, 0.1) is 0 Å². The first kappa shape index (κ1) is 11.0. The Morgan fingerprint density at radius 1 is 1.43 bits per heavy atom. The molecule has 0 amide bonds. The maximum atomic E-state index is 10.3. The molecule has 14 heavy (non-hydrogen) atoms. The summed E-state index contributed by atoms with van der Waals surface area (Å²) in [5.41, 5.74) is -0.0839. The van der Waals surface area contributed by atoms with Gasteiger partial charge in [-0.05, 0) is 5.56 Å². The van der Waals surface area contributed by atoms with E-state index in [1.165, 1.54) is 0 Å². The lowest BCUT2D eigenvalue weighted by Gasteiger charge is -2.26. The zero-order chi connectivity index (χ0) is 10.4. The van der Waals surface area contributed by atoms with Crippen molar-refractivity contribution in [3.8, 4) is 0 Å². The van der Waals surface area contributed by atoms with E-state index in [-0.39, 0.29) is 6.61 Å². The average molecular weight is 192 g/mol. The Bertz CT molecular complexity index is 282. The van der Waals surface area contributed by atoms with Gasteiger partial charge in [-0.15, -0.1) is 6.58 Å². The molecule has 0 aliphatic carbocycles. The molecule has 0 heterocycles. The molecule has 1 aromatic rings. The molecule has 1 aromatic carbocycles. The van der Waals surface area contributed by atoms with Gasteiger partial charge in [0.2, 0.25) is 0 Å². The van der Waals surface area contributed by atoms with Gasteiger partial charge in [0.05, 0.1) is 6.61 Å². The molecule has 76 valence electrons. The van der Waals surface area contributed by atoms with E-state index < -0.39 is 5.60 Å². The van der Waals surface area contributed by atoms with Crippen LogP contribution in [-0.2, 0) is 10.3 Å². The van der Waals surface area contributed by atoms with Gasteiger partial charge in [0, 0.05) is 13.5 Å². The molecule has 0 fully saturated rings. The van der Waals surface area contributed by atoms with Crippen LogP contribution in [0.3, 0.4) is 0 Å². The van der Waals surface area contributed by atoms with Crippen molar-refractivity contribution in [1.29, 1.82) is 0 Å². The molecule has 1 N–H and O–H groups in total. The number of hydrogen-bond acceptors (Lipinski definition) is 2. The van der Waals surface area contributed by atoms with Crippen molar-refractivity contribution < 1.29 is 9.84 Å². The smallest absolute Gasteiger partial charge is 0.116 e. The van der Waals surface area contributed by atoms with Crippen molar-refractivity contribution in [3.63, 3.8) is 0 Å². The van der Waals surface area contributed by atoms with E-state index in [9.17, 15) is 5.11 Å². The number of methoxy groups -OCH3 is 1. The highest BCUT2D eigenvalue weighted by atomic mass is 16.5. The first-order valence-corrected chi connectivity index (χ1v) is 4.60. The highest BCUT2D eigenvalue weighted by molar-refractivity contribution is 5.23. The molecule has 0 aliphatic rings. The standard InChI is InChI=1S/C12H16O2/c1-3-9-12(13,10-14-2)11-7-5-4-6-8-11/h3-8,13H,1,9-10H2,2H3. The van der Waals surface area contributed by atoms with Crippen molar-refractivity contribution in [2.45, 2.75) is 12.0 Å². The van der Waals surface area contributed by atoms with Crippen molar-refractivity contribution in [3.05, 3.63) is 48.6 Å². The monoisotopic (exact) mass is 192 g/mol. The molecule has 2 nitrogen and oxygen atoms in total. The first-order chi connectivity index (χ1) is 6.73. The second-order valence-corrected chi connectivity index (χ2v) is 3.32. The summed E-state index contributed by atoms with van der Waals surface area (Å²) in [5, 5.41) is 10.3. The quantitative estimate of drug-likeness (QED) is 0.724. The Balaban J connectivity index is 2.92. The third kappa shape index (κ3) is 2.44. The van der Waals surface area contributed by atoms with Gasteiger partial charge in [-0.2, -0.15) is 0 Å². The summed E-state index contributed by atoms with van der Waals surface area (Å²) in [5.74, 6) is 0. The van der Waals surface area contributed by atoms with E-state index in [2.05, 4.69) is 6.58 Å². The van der Waals surface area contributed by atoms with Crippen molar-refractivity contribution in [2.75, 3.05) is 13.7 Å². The average Bonchev–Trinajstić information content (AvgIpc) is 2.20. The highest BCUT2D eigenvalue weighted by Crippen LogP contribution is 2.25. The maximum absolute atomic E-state index is 10.3. The van der Waals surface area contributed by atoms with E-state index in [0.29, 0.717) is 6.42 Å². The summed E-state index contributed by atoms with van der Waals surface area (Å²) in [4.78, 5) is 0. The molecule has 0 spiro atoms. The summed E-state index contributed by atoms with van der Waals surface area (Å²) in [6.07, 6.45) is 2.19. The van der Waals surface area contributed by atoms with Gasteiger partial charge >= 0.3 is 0 Å². The lowest BCUT2D eigenvalue weighted by Crippen LogP contribution is -2.30. The Hall–Kier alpha value is -1.12. The Labute approximate surface area is 84.8 Å². The molecular formula is C12H16O2. The van der Waals surface area contributed by atoms with Gasteiger partial charge in [0.25, 0.3) is 0 Å². The summed E-state index contributed by atoms with van der Waals surface area (Å²) >= 11 is 0. The van der Waals surface area contributed by atoms with Gasteiger partial charge in [-0.25, -0.2) is 0 Å². The molecule has 1 unspecified atom stereocenters. The van der Waals surface area contributed by atoms with E-state index in [4.69, 9.17) is 4.74 Å². The van der Waals surface area contributed by atoms with Gasteiger partial charge in [-0.3, -0.25) is 0 Å². The Morgan fingerprint density at radius 3 is 2.57 bits per heavy atom. The van der Waals surface area contributed by atoms with E-state index in [0.717, 1.165) is 5.56 Å². The lowest BCUT2D eigenvalue weighted by molar-refractivity contribution is -0.0334. The summed E-state index contributed by atoms with van der Waals surface area (Å²) in [6.45, 7) is 3.92. The topological polar surface area (TPSA) is 29.5 Å². The summed E-state index contributed by atoms with van der Waals surface area (Å²) < 4.78 is 5.02. The summed E-state index contributed by atoms with van der Waals surface area (Å²) in [7, 11) is 1.58. The molecule has 0 saturated heterocycles. The minimum absolute atomic E-state index is 0.281. The highest BCUT2D eigenvalue weighted by Gasteiger charge is 2.27. The van der Waals surface area contributed by atoms with Crippen LogP contribution in [0.5, 0.6) is 0 Å². The number of ether oxygens (including phenoxy) is 1. The van der Waals surface area contributed by atoms with E-state index in [1.54, 1.807) is 13.2 Å². The number of benzene rings is 1. The number of aliphatic hydroxyl groups is 1. The molecule has 2 heteroatoms. The molecule has 1 atom stereocenters. The van der Waals surface area contributed by atoms with Crippen molar-refractivity contribution in [2.24, 2.45) is 0 Å². The van der Waals surface area contributed by atoms with Crippen LogP contribution < -0.4 is 0 Å². The minimum Gasteiger partial charge on any atom is -0.382 e. The first-order valence-electron chi connectivity index (χ1n) is 4.60. The normalized spacial score (nSPS) is 14.7. The third-order valence-electron chi connectivity index (χ3n) is 2.18. The van der Waals surface area contributed by atoms with Crippen LogP contribution in [0.1, 0.15) is 12.0 Å². The van der Waals surface area contributed by atoms with Gasteiger partial charge in [0.15, 0.2) is 0 Å². The van der Waals surface area contributed by atoms with E-state index >= 15 is 0 Å². The Kier molecular flexibility index (Phi) is 3.86. The molecule has 0 aliphatic heterocycles. The fraction of sp³-hybridized carbons (Fsp3) is 0.333. The van der Waals surface area contributed by atoms with Crippen LogP contribution in [0.4, 0.5) is 0 Å². The summed E-state index contributed by atoms with van der Waals surface area (Å²) in [6, 6.07) is 9.51. The molecule has 0 bridgehead atoms. The zero-order valence-electron chi connectivity index (χ0n) is 8.44. The Morgan fingerprint density at radius 2 is 2.07 bits per heavy atom. The molecule has 1 rings (SSSR count). The van der Waals surface area contributed by atoms with Gasteiger partial charge in [-0.1, -0.05) is 36.4 Å². The van der Waals surface area contributed by atoms with Gasteiger partial charge < -0.3 is 9.84 Å². The second-order valence-electron chi connectivity index (χ2n) is 3.32. The van der Waals surface area contributed by atoms with Crippen LogP contribution in [0.15, 0.2) is 43.0 Å². The largest absolute Gasteiger partial charge is 0.382 e. The van der Waals surface area contributed by atoms with E-state index in [1.807, 2.05) is 30.3 Å². The van der Waals surface area contributed by atoms with Crippen LogP contribution in [0.25, 0.3) is 0 Å². The van der Waals surface area contributed by atoms with Crippen molar-refractivity contribution >= 4 is 0 Å². The predicted octanol–water partition coefficient (Wildman–Crippen LogP) is 2.10. The third-order valence-corrected chi connectivity index (χ3v) is 2.18. The maximum Gasteiger partial charge on any atom is 0.116 e. The lowest BCUT2D eigenvalue weighted by atomic mass is 9.91. The predicted molar refractivity (Wildman–Crippen MR) is 57.0 cm³/mol. The van der Waals surface area contributed by atoms with Gasteiger partial charge in [0.1, 0.15) is 5.60 Å². The number of rotatable bonds is 5. The fourth-order valence-electron chi connectivity index (χ4n) is 1.49. The SMILES string of the molecule is C=CCC(O)(COC)c1ccccc1. The molecule has 0 aromatic heterocycles.